The van der Waals surface area contributed by atoms with E-state index >= 15 is 0 Å². The summed E-state index contributed by atoms with van der Waals surface area (Å²) in [6, 6.07) is 11.4. The van der Waals surface area contributed by atoms with Crippen LogP contribution in [-0.4, -0.2) is 34.5 Å². The fourth-order valence-electron chi connectivity index (χ4n) is 2.45. The molecule has 0 saturated carbocycles. The minimum atomic E-state index is -3.93. The summed E-state index contributed by atoms with van der Waals surface area (Å²) in [5.41, 5.74) is 7.18. The Labute approximate surface area is 160 Å². The number of sulfonamides is 1. The number of nitrogens with one attached hydrogen (secondary N) is 2. The second-order valence-corrected chi connectivity index (χ2v) is 7.57. The molecular weight excluding hydrogens is 366 g/mol. The summed E-state index contributed by atoms with van der Waals surface area (Å²) in [6.45, 7) is 2.91. The number of methoxy groups -OCH3 is 1. The summed E-state index contributed by atoms with van der Waals surface area (Å²) >= 11 is 0. The lowest BCUT2D eigenvalue weighted by atomic mass is 10.2. The molecule has 0 unspecified atom stereocenters. The Bertz CT molecular complexity index is 880. The Morgan fingerprint density at radius 2 is 1.85 bits per heavy atom. The van der Waals surface area contributed by atoms with Crippen LogP contribution in [0.15, 0.2) is 47.4 Å². The van der Waals surface area contributed by atoms with Gasteiger partial charge in [0.25, 0.3) is 15.9 Å². The predicted octanol–water partition coefficient (Wildman–Crippen LogP) is 2.14. The van der Waals surface area contributed by atoms with Gasteiger partial charge in [0.15, 0.2) is 0 Å². The Morgan fingerprint density at radius 3 is 2.44 bits per heavy atom. The molecule has 7 nitrogen and oxygen atoms in total. The third-order valence-electron chi connectivity index (χ3n) is 4.00. The highest BCUT2D eigenvalue weighted by Crippen LogP contribution is 2.27. The molecule has 0 aliphatic rings. The van der Waals surface area contributed by atoms with Crippen LogP contribution in [0.1, 0.15) is 29.3 Å². The molecule has 0 heterocycles. The average Bonchev–Trinajstić information content (AvgIpc) is 2.68. The van der Waals surface area contributed by atoms with Gasteiger partial charge in [-0.15, -0.1) is 0 Å². The predicted molar refractivity (Wildman–Crippen MR) is 106 cm³/mol. The first-order chi connectivity index (χ1) is 12.9. The van der Waals surface area contributed by atoms with Crippen molar-refractivity contribution in [2.45, 2.75) is 24.7 Å². The maximum absolute atomic E-state index is 12.8. The Hall–Kier alpha value is -2.58. The lowest BCUT2D eigenvalue weighted by Crippen LogP contribution is -2.26. The summed E-state index contributed by atoms with van der Waals surface area (Å²) in [4.78, 5) is 12.1. The number of benzene rings is 2. The minimum absolute atomic E-state index is 0.101. The molecule has 0 saturated heterocycles. The van der Waals surface area contributed by atoms with Gasteiger partial charge in [-0.1, -0.05) is 19.1 Å². The van der Waals surface area contributed by atoms with Gasteiger partial charge in [-0.3, -0.25) is 9.52 Å². The number of nitrogens with two attached hydrogens (primary N) is 1. The number of ether oxygens (including phenoxy) is 1. The molecule has 146 valence electrons. The van der Waals surface area contributed by atoms with Crippen molar-refractivity contribution in [1.29, 1.82) is 0 Å². The van der Waals surface area contributed by atoms with E-state index in [0.717, 1.165) is 12.0 Å². The van der Waals surface area contributed by atoms with Crippen LogP contribution in [0, 0.1) is 0 Å². The number of carbonyl (C=O) groups is 1. The highest BCUT2D eigenvalue weighted by molar-refractivity contribution is 7.92. The van der Waals surface area contributed by atoms with Gasteiger partial charge in [-0.25, -0.2) is 8.42 Å². The van der Waals surface area contributed by atoms with E-state index in [2.05, 4.69) is 10.0 Å². The van der Waals surface area contributed by atoms with Crippen molar-refractivity contribution in [2.24, 2.45) is 5.73 Å². The summed E-state index contributed by atoms with van der Waals surface area (Å²) < 4.78 is 33.4. The lowest BCUT2D eigenvalue weighted by Gasteiger charge is -2.13. The summed E-state index contributed by atoms with van der Waals surface area (Å²) in [5.74, 6) is -0.207. The van der Waals surface area contributed by atoms with E-state index in [9.17, 15) is 13.2 Å². The highest BCUT2D eigenvalue weighted by Gasteiger charge is 2.22. The van der Waals surface area contributed by atoms with Crippen molar-refractivity contribution in [2.75, 3.05) is 24.9 Å². The zero-order valence-corrected chi connectivity index (χ0v) is 16.3. The smallest absolute Gasteiger partial charge is 0.265 e. The molecule has 0 bridgehead atoms. The van der Waals surface area contributed by atoms with E-state index in [4.69, 9.17) is 10.5 Å². The minimum Gasteiger partial charge on any atom is -0.495 e. The number of rotatable bonds is 9. The van der Waals surface area contributed by atoms with Crippen molar-refractivity contribution in [3.05, 3.63) is 53.6 Å². The molecule has 0 radical (unpaired) electrons. The number of amides is 1. The normalized spacial score (nSPS) is 11.1. The molecule has 2 aromatic carbocycles. The number of anilines is 1. The van der Waals surface area contributed by atoms with E-state index in [1.54, 1.807) is 12.1 Å². The molecule has 0 atom stereocenters. The first-order valence-electron chi connectivity index (χ1n) is 8.69. The average molecular weight is 391 g/mol. The van der Waals surface area contributed by atoms with E-state index < -0.39 is 10.0 Å². The van der Waals surface area contributed by atoms with Crippen LogP contribution in [0.3, 0.4) is 0 Å². The van der Waals surface area contributed by atoms with Crippen molar-refractivity contribution in [3.63, 3.8) is 0 Å². The molecule has 0 spiro atoms. The first-order valence-corrected chi connectivity index (χ1v) is 10.2. The number of hydrogen-bond acceptors (Lipinski definition) is 5. The molecule has 0 aliphatic carbocycles. The largest absolute Gasteiger partial charge is 0.495 e. The number of carbonyl (C=O) groups excluding carboxylic acids is 1. The van der Waals surface area contributed by atoms with Gasteiger partial charge in [0.1, 0.15) is 10.6 Å². The van der Waals surface area contributed by atoms with Crippen molar-refractivity contribution in [1.82, 2.24) is 5.32 Å². The van der Waals surface area contributed by atoms with E-state index in [0.29, 0.717) is 25.2 Å². The zero-order chi connectivity index (χ0) is 19.9. The first kappa shape index (κ1) is 20.7. The van der Waals surface area contributed by atoms with Crippen molar-refractivity contribution < 1.29 is 17.9 Å². The van der Waals surface area contributed by atoms with E-state index in [1.807, 2.05) is 19.1 Å². The third kappa shape index (κ3) is 5.45. The Kier molecular flexibility index (Phi) is 7.20. The number of hydrogen-bond donors (Lipinski definition) is 3. The molecule has 0 aliphatic heterocycles. The van der Waals surface area contributed by atoms with Crippen LogP contribution in [0.4, 0.5) is 5.69 Å². The second-order valence-electron chi connectivity index (χ2n) is 5.92. The zero-order valence-electron chi connectivity index (χ0n) is 15.5. The van der Waals surface area contributed by atoms with Crippen LogP contribution in [0.5, 0.6) is 5.75 Å². The monoisotopic (exact) mass is 391 g/mol. The summed E-state index contributed by atoms with van der Waals surface area (Å²) in [6.07, 6.45) is 1.50. The van der Waals surface area contributed by atoms with Crippen molar-refractivity contribution >= 4 is 21.6 Å². The van der Waals surface area contributed by atoms with Gasteiger partial charge < -0.3 is 15.8 Å². The Balaban J connectivity index is 2.29. The van der Waals surface area contributed by atoms with Gasteiger partial charge in [0, 0.05) is 17.8 Å². The molecule has 2 rings (SSSR count). The van der Waals surface area contributed by atoms with Gasteiger partial charge in [0.05, 0.1) is 7.11 Å². The van der Waals surface area contributed by atoms with Crippen molar-refractivity contribution in [3.8, 4) is 5.75 Å². The number of aryl methyl sites for hydroxylation is 1. The molecule has 0 fully saturated rings. The van der Waals surface area contributed by atoms with Crippen LogP contribution in [-0.2, 0) is 16.4 Å². The molecule has 27 heavy (non-hydrogen) atoms. The highest BCUT2D eigenvalue weighted by atomic mass is 32.2. The lowest BCUT2D eigenvalue weighted by molar-refractivity contribution is 0.0953. The van der Waals surface area contributed by atoms with E-state index in [1.165, 1.54) is 25.3 Å². The molecule has 4 N–H and O–H groups in total. The summed E-state index contributed by atoms with van der Waals surface area (Å²) in [5, 5.41) is 2.70. The molecule has 8 heteroatoms. The van der Waals surface area contributed by atoms with Gasteiger partial charge in [-0.2, -0.15) is 0 Å². The van der Waals surface area contributed by atoms with Crippen LogP contribution in [0.25, 0.3) is 0 Å². The van der Waals surface area contributed by atoms with E-state index in [-0.39, 0.29) is 22.1 Å². The van der Waals surface area contributed by atoms with Crippen LogP contribution >= 0.6 is 0 Å². The van der Waals surface area contributed by atoms with Gasteiger partial charge >= 0.3 is 0 Å². The standard InChI is InChI=1S/C19H25N3O4S/c1-3-14-5-8-16(9-6-14)22-27(24,25)18-13-15(7-10-17(18)26-2)19(23)21-12-4-11-20/h5-10,13,22H,3-4,11-12,20H2,1-2H3,(H,21,23). The van der Waals surface area contributed by atoms with Gasteiger partial charge in [0.2, 0.25) is 0 Å². The molecular formula is C19H25N3O4S. The molecule has 0 aromatic heterocycles. The quantitative estimate of drug-likeness (QED) is 0.567. The fraction of sp³-hybridized carbons (Fsp3) is 0.316. The molecule has 1 amide bonds. The molecule has 2 aromatic rings. The maximum atomic E-state index is 12.8. The summed E-state index contributed by atoms with van der Waals surface area (Å²) in [7, 11) is -2.55. The Morgan fingerprint density at radius 1 is 1.15 bits per heavy atom. The van der Waals surface area contributed by atoms with Crippen LogP contribution in [0.2, 0.25) is 0 Å². The topological polar surface area (TPSA) is 111 Å². The third-order valence-corrected chi connectivity index (χ3v) is 5.40. The second kappa shape index (κ2) is 9.38. The SMILES string of the molecule is CCc1ccc(NS(=O)(=O)c2cc(C(=O)NCCCN)ccc2OC)cc1. The van der Waals surface area contributed by atoms with Gasteiger partial charge in [-0.05, 0) is 55.3 Å². The van der Waals surface area contributed by atoms with Crippen LogP contribution < -0.4 is 20.5 Å². The fourth-order valence-corrected chi connectivity index (χ4v) is 3.71. The maximum Gasteiger partial charge on any atom is 0.265 e.